The van der Waals surface area contributed by atoms with Gasteiger partial charge < -0.3 is 14.4 Å². The maximum absolute atomic E-state index is 13.8. The van der Waals surface area contributed by atoms with E-state index in [9.17, 15) is 9.59 Å². The molecule has 1 aliphatic heterocycles. The first-order valence-corrected chi connectivity index (χ1v) is 13.1. The standard InChI is InChI=1S/C29H33Cl2N3O2/c1-5-14-33(28(36)21-10-13-23(30)24(31)18-21)19-26(35)34-17-16-32-15-6-7-25(32)27(34)20-8-11-22(12-9-20)29(2,3)4/h6-13,15,18,27H,5,14,16-17,19H2,1-4H3/t27-/m1/s1. The van der Waals surface area contributed by atoms with E-state index in [2.05, 4.69) is 61.9 Å². The predicted octanol–water partition coefficient (Wildman–Crippen LogP) is 6.58. The Balaban J connectivity index is 1.62. The van der Waals surface area contributed by atoms with Crippen molar-refractivity contribution in [2.75, 3.05) is 19.6 Å². The van der Waals surface area contributed by atoms with E-state index in [4.69, 9.17) is 23.2 Å². The van der Waals surface area contributed by atoms with Crippen LogP contribution in [0.2, 0.25) is 10.0 Å². The second-order valence-electron chi connectivity index (χ2n) is 10.3. The summed E-state index contributed by atoms with van der Waals surface area (Å²) in [7, 11) is 0. The summed E-state index contributed by atoms with van der Waals surface area (Å²) in [4.78, 5) is 30.6. The molecule has 2 amide bonds. The van der Waals surface area contributed by atoms with Crippen molar-refractivity contribution in [3.05, 3.63) is 93.2 Å². The highest BCUT2D eigenvalue weighted by molar-refractivity contribution is 6.42. The van der Waals surface area contributed by atoms with E-state index in [1.165, 1.54) is 5.56 Å². The fourth-order valence-electron chi connectivity index (χ4n) is 4.76. The molecule has 0 spiro atoms. The SMILES string of the molecule is CCCN(CC(=O)N1CCn2cccc2[C@H]1c1ccc(C(C)(C)C)cc1)C(=O)c1ccc(Cl)c(Cl)c1. The Hall–Kier alpha value is -2.76. The fourth-order valence-corrected chi connectivity index (χ4v) is 5.05. The molecule has 0 saturated heterocycles. The Morgan fingerprint density at radius 1 is 1.00 bits per heavy atom. The van der Waals surface area contributed by atoms with Crippen LogP contribution >= 0.6 is 23.2 Å². The minimum atomic E-state index is -0.227. The molecule has 1 aliphatic rings. The first kappa shape index (κ1) is 26.3. The minimum Gasteiger partial charge on any atom is -0.348 e. The lowest BCUT2D eigenvalue weighted by atomic mass is 9.86. The molecule has 0 unspecified atom stereocenters. The van der Waals surface area contributed by atoms with Crippen LogP contribution in [0.4, 0.5) is 0 Å². The summed E-state index contributed by atoms with van der Waals surface area (Å²) in [5.74, 6) is -0.301. The van der Waals surface area contributed by atoms with Gasteiger partial charge in [0.1, 0.15) is 6.54 Å². The molecule has 0 bridgehead atoms. The molecular formula is C29H33Cl2N3O2. The number of nitrogens with zero attached hydrogens (tertiary/aromatic N) is 3. The van der Waals surface area contributed by atoms with Gasteiger partial charge in [-0.25, -0.2) is 0 Å². The molecule has 0 fully saturated rings. The zero-order valence-electron chi connectivity index (χ0n) is 21.3. The van der Waals surface area contributed by atoms with Crippen molar-refractivity contribution >= 4 is 35.0 Å². The summed E-state index contributed by atoms with van der Waals surface area (Å²) in [5.41, 5.74) is 3.86. The van der Waals surface area contributed by atoms with Crippen molar-refractivity contribution in [1.82, 2.24) is 14.4 Å². The van der Waals surface area contributed by atoms with Gasteiger partial charge in [-0.2, -0.15) is 0 Å². The number of benzene rings is 2. The van der Waals surface area contributed by atoms with Crippen LogP contribution in [-0.4, -0.2) is 45.8 Å². The van der Waals surface area contributed by atoms with E-state index in [1.807, 2.05) is 17.9 Å². The van der Waals surface area contributed by atoms with Crippen molar-refractivity contribution in [3.8, 4) is 0 Å². The lowest BCUT2D eigenvalue weighted by molar-refractivity contribution is -0.134. The number of hydrogen-bond acceptors (Lipinski definition) is 2. The van der Waals surface area contributed by atoms with Crippen LogP contribution < -0.4 is 0 Å². The van der Waals surface area contributed by atoms with E-state index < -0.39 is 0 Å². The first-order valence-electron chi connectivity index (χ1n) is 12.4. The van der Waals surface area contributed by atoms with Crippen LogP contribution in [0.3, 0.4) is 0 Å². The van der Waals surface area contributed by atoms with Gasteiger partial charge in [-0.05, 0) is 53.3 Å². The Morgan fingerprint density at radius 2 is 1.72 bits per heavy atom. The van der Waals surface area contributed by atoms with Gasteiger partial charge >= 0.3 is 0 Å². The van der Waals surface area contributed by atoms with E-state index in [-0.39, 0.29) is 29.8 Å². The highest BCUT2D eigenvalue weighted by atomic mass is 35.5. The molecule has 1 aromatic heterocycles. The predicted molar refractivity (Wildman–Crippen MR) is 146 cm³/mol. The normalized spacial score (nSPS) is 15.5. The molecule has 190 valence electrons. The van der Waals surface area contributed by atoms with E-state index >= 15 is 0 Å². The van der Waals surface area contributed by atoms with Gasteiger partial charge in [0.2, 0.25) is 5.91 Å². The largest absolute Gasteiger partial charge is 0.348 e. The third kappa shape index (κ3) is 5.47. The van der Waals surface area contributed by atoms with Gasteiger partial charge in [-0.1, -0.05) is 75.2 Å². The van der Waals surface area contributed by atoms with Crippen molar-refractivity contribution in [1.29, 1.82) is 0 Å². The molecule has 0 N–H and O–H groups in total. The third-order valence-corrected chi connectivity index (χ3v) is 7.46. The average molecular weight is 527 g/mol. The maximum Gasteiger partial charge on any atom is 0.254 e. The molecule has 0 radical (unpaired) electrons. The zero-order valence-corrected chi connectivity index (χ0v) is 22.8. The van der Waals surface area contributed by atoms with Gasteiger partial charge in [0.25, 0.3) is 5.91 Å². The Bertz CT molecular complexity index is 1240. The number of rotatable bonds is 6. The number of aromatic nitrogens is 1. The van der Waals surface area contributed by atoms with Crippen LogP contribution in [0.25, 0.3) is 0 Å². The molecule has 36 heavy (non-hydrogen) atoms. The van der Waals surface area contributed by atoms with Crippen LogP contribution in [0.15, 0.2) is 60.8 Å². The molecule has 7 heteroatoms. The number of carbonyl (C=O) groups is 2. The summed E-state index contributed by atoms with van der Waals surface area (Å²) >= 11 is 12.2. The lowest BCUT2D eigenvalue weighted by Crippen LogP contribution is -2.48. The monoisotopic (exact) mass is 525 g/mol. The Morgan fingerprint density at radius 3 is 2.36 bits per heavy atom. The van der Waals surface area contributed by atoms with Gasteiger partial charge in [0, 0.05) is 37.1 Å². The van der Waals surface area contributed by atoms with Crippen LogP contribution in [-0.2, 0) is 16.8 Å². The Labute approximate surface area is 223 Å². The number of hydrogen-bond donors (Lipinski definition) is 0. The molecule has 5 nitrogen and oxygen atoms in total. The molecule has 3 aromatic rings. The molecular weight excluding hydrogens is 493 g/mol. The van der Waals surface area contributed by atoms with Crippen molar-refractivity contribution in [3.63, 3.8) is 0 Å². The number of carbonyl (C=O) groups excluding carboxylic acids is 2. The van der Waals surface area contributed by atoms with Crippen molar-refractivity contribution in [2.24, 2.45) is 0 Å². The van der Waals surface area contributed by atoms with E-state index in [0.717, 1.165) is 24.2 Å². The summed E-state index contributed by atoms with van der Waals surface area (Å²) in [6.45, 7) is 10.3. The fraction of sp³-hybridized carbons (Fsp3) is 0.379. The quantitative estimate of drug-likeness (QED) is 0.365. The van der Waals surface area contributed by atoms with Crippen LogP contribution in [0.5, 0.6) is 0 Å². The maximum atomic E-state index is 13.8. The zero-order chi connectivity index (χ0) is 26.0. The first-order chi connectivity index (χ1) is 17.1. The molecule has 2 aromatic carbocycles. The van der Waals surface area contributed by atoms with Gasteiger partial charge in [-0.3, -0.25) is 9.59 Å². The highest BCUT2D eigenvalue weighted by Gasteiger charge is 2.33. The summed E-state index contributed by atoms with van der Waals surface area (Å²) in [6.07, 6.45) is 2.80. The lowest BCUT2D eigenvalue weighted by Gasteiger charge is -2.38. The Kier molecular flexibility index (Phi) is 7.82. The van der Waals surface area contributed by atoms with Gasteiger partial charge in [-0.15, -0.1) is 0 Å². The molecule has 2 heterocycles. The molecule has 4 rings (SSSR count). The van der Waals surface area contributed by atoms with Crippen molar-refractivity contribution < 1.29 is 9.59 Å². The van der Waals surface area contributed by atoms with Crippen LogP contribution in [0.1, 0.15) is 67.3 Å². The van der Waals surface area contributed by atoms with Crippen molar-refractivity contribution in [2.45, 2.75) is 52.1 Å². The number of halogens is 2. The summed E-state index contributed by atoms with van der Waals surface area (Å²) < 4.78 is 2.21. The molecule has 0 aliphatic carbocycles. The molecule has 1 atom stereocenters. The third-order valence-electron chi connectivity index (χ3n) is 6.72. The second kappa shape index (κ2) is 10.7. The topological polar surface area (TPSA) is 45.6 Å². The molecule has 0 saturated carbocycles. The van der Waals surface area contributed by atoms with Crippen LogP contribution in [0, 0.1) is 0 Å². The highest BCUT2D eigenvalue weighted by Crippen LogP contribution is 2.34. The van der Waals surface area contributed by atoms with Gasteiger partial charge in [0.05, 0.1) is 16.1 Å². The summed E-state index contributed by atoms with van der Waals surface area (Å²) in [6, 6.07) is 17.3. The summed E-state index contributed by atoms with van der Waals surface area (Å²) in [5, 5.41) is 0.712. The smallest absolute Gasteiger partial charge is 0.254 e. The number of amides is 2. The van der Waals surface area contributed by atoms with E-state index in [0.29, 0.717) is 28.7 Å². The number of fused-ring (bicyclic) bond motifs is 1. The average Bonchev–Trinajstić information content (AvgIpc) is 3.33. The van der Waals surface area contributed by atoms with E-state index in [1.54, 1.807) is 23.1 Å². The second-order valence-corrected chi connectivity index (χ2v) is 11.2. The van der Waals surface area contributed by atoms with Gasteiger partial charge in [0.15, 0.2) is 0 Å². The minimum absolute atomic E-state index is 0.00417.